The van der Waals surface area contributed by atoms with Gasteiger partial charge in [0.2, 0.25) is 0 Å². The molecule has 0 aromatic carbocycles. The Morgan fingerprint density at radius 1 is 1.32 bits per heavy atom. The van der Waals surface area contributed by atoms with E-state index in [9.17, 15) is 9.59 Å². The monoisotopic (exact) mass is 374 g/mol. The molecule has 1 amide bonds. The first kappa shape index (κ1) is 16.4. The molecule has 1 aliphatic rings. The van der Waals surface area contributed by atoms with Gasteiger partial charge in [0, 0.05) is 27.6 Å². The fourth-order valence-electron chi connectivity index (χ4n) is 2.90. The number of carbonyl (C=O) groups is 1. The summed E-state index contributed by atoms with van der Waals surface area (Å²) in [5, 5.41) is 5.16. The van der Waals surface area contributed by atoms with E-state index in [1.165, 1.54) is 22.4 Å². The number of amides is 1. The highest BCUT2D eigenvalue weighted by Gasteiger charge is 2.23. The number of aryl methyl sites for hydroxylation is 2. The number of anilines is 1. The third-order valence-corrected chi connectivity index (χ3v) is 6.20. The molecule has 0 unspecified atom stereocenters. The van der Waals surface area contributed by atoms with Crippen molar-refractivity contribution in [2.24, 2.45) is 0 Å². The molecule has 3 aromatic rings. The lowest BCUT2D eigenvalue weighted by atomic mass is 9.93. The minimum atomic E-state index is -0.459. The Kier molecular flexibility index (Phi) is 3.77. The van der Waals surface area contributed by atoms with Crippen molar-refractivity contribution in [1.82, 2.24) is 14.4 Å². The summed E-state index contributed by atoms with van der Waals surface area (Å²) in [6.45, 7) is 6.19. The number of rotatable bonds is 2. The molecule has 6 nitrogen and oxygen atoms in total. The quantitative estimate of drug-likeness (QED) is 0.747. The van der Waals surface area contributed by atoms with E-state index in [4.69, 9.17) is 0 Å². The van der Waals surface area contributed by atoms with E-state index in [-0.39, 0.29) is 16.5 Å². The van der Waals surface area contributed by atoms with Gasteiger partial charge in [0.15, 0.2) is 10.1 Å². The van der Waals surface area contributed by atoms with Crippen LogP contribution in [0.1, 0.15) is 53.8 Å². The highest BCUT2D eigenvalue weighted by atomic mass is 32.1. The van der Waals surface area contributed by atoms with Crippen LogP contribution in [0.2, 0.25) is 0 Å². The second-order valence-electron chi connectivity index (χ2n) is 7.16. The van der Waals surface area contributed by atoms with Crippen molar-refractivity contribution in [3.8, 4) is 0 Å². The smallest absolute Gasteiger partial charge is 0.271 e. The van der Waals surface area contributed by atoms with Crippen LogP contribution in [0.3, 0.4) is 0 Å². The highest BCUT2D eigenvalue weighted by molar-refractivity contribution is 7.17. The Morgan fingerprint density at radius 3 is 2.84 bits per heavy atom. The first-order valence-electron chi connectivity index (χ1n) is 8.14. The molecule has 8 heteroatoms. The number of hydrogen-bond acceptors (Lipinski definition) is 6. The lowest BCUT2D eigenvalue weighted by Crippen LogP contribution is -2.27. The van der Waals surface area contributed by atoms with Crippen LogP contribution in [0.4, 0.5) is 5.13 Å². The van der Waals surface area contributed by atoms with Crippen LogP contribution < -0.4 is 10.9 Å². The van der Waals surface area contributed by atoms with Gasteiger partial charge < -0.3 is 0 Å². The van der Waals surface area contributed by atoms with Crippen molar-refractivity contribution in [3.05, 3.63) is 43.8 Å². The van der Waals surface area contributed by atoms with Crippen LogP contribution >= 0.6 is 22.7 Å². The molecule has 1 N–H and O–H groups in total. The number of aromatic nitrogens is 3. The Balaban J connectivity index is 1.68. The molecule has 0 atom stereocenters. The zero-order chi connectivity index (χ0) is 17.8. The summed E-state index contributed by atoms with van der Waals surface area (Å²) in [5.41, 5.74) is 1.59. The van der Waals surface area contributed by atoms with Crippen LogP contribution in [-0.4, -0.2) is 20.3 Å². The number of fused-ring (bicyclic) bond motifs is 3. The first-order valence-corrected chi connectivity index (χ1v) is 9.84. The lowest BCUT2D eigenvalue weighted by Gasteiger charge is -2.14. The summed E-state index contributed by atoms with van der Waals surface area (Å²) in [4.78, 5) is 36.0. The first-order chi connectivity index (χ1) is 11.8. The van der Waals surface area contributed by atoms with Gasteiger partial charge in [-0.1, -0.05) is 20.8 Å². The van der Waals surface area contributed by atoms with Gasteiger partial charge in [-0.3, -0.25) is 19.3 Å². The predicted molar refractivity (Wildman–Crippen MR) is 100 cm³/mol. The van der Waals surface area contributed by atoms with Gasteiger partial charge in [-0.05, 0) is 19.3 Å². The van der Waals surface area contributed by atoms with Gasteiger partial charge in [-0.2, -0.15) is 0 Å². The molecule has 0 fully saturated rings. The van der Waals surface area contributed by atoms with Gasteiger partial charge in [0.25, 0.3) is 11.5 Å². The average molecular weight is 374 g/mol. The topological polar surface area (TPSA) is 76.4 Å². The lowest BCUT2D eigenvalue weighted by molar-refractivity contribution is 0.102. The number of nitrogens with one attached hydrogen (secondary N) is 1. The summed E-state index contributed by atoms with van der Waals surface area (Å²) >= 11 is 2.90. The van der Waals surface area contributed by atoms with Gasteiger partial charge in [0.1, 0.15) is 5.56 Å². The summed E-state index contributed by atoms with van der Waals surface area (Å²) < 4.78 is 1.60. The Bertz CT molecular complexity index is 1040. The molecule has 25 heavy (non-hydrogen) atoms. The largest absolute Gasteiger partial charge is 0.298 e. The van der Waals surface area contributed by atoms with E-state index in [0.717, 1.165) is 30.7 Å². The average Bonchev–Trinajstić information content (AvgIpc) is 3.21. The molecule has 0 saturated carbocycles. The fraction of sp³-hybridized carbons (Fsp3) is 0.412. The van der Waals surface area contributed by atoms with Crippen molar-refractivity contribution in [2.45, 2.75) is 45.4 Å². The summed E-state index contributed by atoms with van der Waals surface area (Å²) in [6.07, 6.45) is 4.27. The van der Waals surface area contributed by atoms with Gasteiger partial charge in [0.05, 0.1) is 5.69 Å². The third kappa shape index (κ3) is 2.79. The van der Waals surface area contributed by atoms with Gasteiger partial charge >= 0.3 is 0 Å². The zero-order valence-electron chi connectivity index (χ0n) is 14.3. The van der Waals surface area contributed by atoms with E-state index in [2.05, 4.69) is 36.1 Å². The second kappa shape index (κ2) is 5.74. The van der Waals surface area contributed by atoms with Crippen LogP contribution in [-0.2, 0) is 18.3 Å². The van der Waals surface area contributed by atoms with Crippen LogP contribution in [0, 0.1) is 0 Å². The number of carbonyl (C=O) groups excluding carboxylic acids is 1. The zero-order valence-corrected chi connectivity index (χ0v) is 15.9. The van der Waals surface area contributed by atoms with Crippen LogP contribution in [0.15, 0.2) is 16.4 Å². The molecule has 4 rings (SSSR count). The van der Waals surface area contributed by atoms with E-state index in [1.54, 1.807) is 15.7 Å². The molecule has 3 aromatic heterocycles. The van der Waals surface area contributed by atoms with Crippen LogP contribution in [0.25, 0.3) is 4.96 Å². The number of hydrogen-bond donors (Lipinski definition) is 1. The van der Waals surface area contributed by atoms with E-state index in [1.807, 2.05) is 5.38 Å². The molecule has 130 valence electrons. The van der Waals surface area contributed by atoms with Crippen molar-refractivity contribution >= 4 is 38.7 Å². The van der Waals surface area contributed by atoms with Gasteiger partial charge in [-0.25, -0.2) is 9.97 Å². The number of nitrogens with zero attached hydrogens (tertiary/aromatic N) is 3. The predicted octanol–water partition coefficient (Wildman–Crippen LogP) is 3.25. The Hall–Kier alpha value is -2.06. The van der Waals surface area contributed by atoms with Crippen molar-refractivity contribution in [1.29, 1.82) is 0 Å². The Morgan fingerprint density at radius 2 is 2.12 bits per heavy atom. The Labute approximate surface area is 152 Å². The standard InChI is InChI=1S/C17H18N4O2S2/c1-17(2,3)12-8-24-15(19-12)20-13(22)9-7-18-16-21(14(9)23)10-5-4-6-11(10)25-16/h7-8H,4-6H2,1-3H3,(H,19,20,22). The summed E-state index contributed by atoms with van der Waals surface area (Å²) in [5.74, 6) is -0.459. The molecule has 0 saturated heterocycles. The molecular formula is C17H18N4O2S2. The minimum absolute atomic E-state index is 0.0532. The van der Waals surface area contributed by atoms with E-state index < -0.39 is 5.91 Å². The minimum Gasteiger partial charge on any atom is -0.298 e. The fourth-order valence-corrected chi connectivity index (χ4v) is 5.00. The normalized spacial score (nSPS) is 14.0. The van der Waals surface area contributed by atoms with Crippen molar-refractivity contribution in [3.63, 3.8) is 0 Å². The van der Waals surface area contributed by atoms with Gasteiger partial charge in [-0.15, -0.1) is 22.7 Å². The second-order valence-corrected chi connectivity index (χ2v) is 9.08. The summed E-state index contributed by atoms with van der Waals surface area (Å²) in [6, 6.07) is 0. The number of thiazole rings is 2. The molecule has 0 radical (unpaired) electrons. The van der Waals surface area contributed by atoms with Crippen LogP contribution in [0.5, 0.6) is 0 Å². The maximum absolute atomic E-state index is 12.8. The van der Waals surface area contributed by atoms with Crippen molar-refractivity contribution < 1.29 is 4.79 Å². The molecule has 3 heterocycles. The molecular weight excluding hydrogens is 356 g/mol. The van der Waals surface area contributed by atoms with E-state index in [0.29, 0.717) is 10.1 Å². The SMILES string of the molecule is CC(C)(C)c1csc(NC(=O)c2cnc3sc4c(n3c2=O)CCC4)n1. The van der Waals surface area contributed by atoms with Crippen molar-refractivity contribution in [2.75, 3.05) is 5.32 Å². The van der Waals surface area contributed by atoms with E-state index >= 15 is 0 Å². The summed E-state index contributed by atoms with van der Waals surface area (Å²) in [7, 11) is 0. The molecule has 0 aliphatic heterocycles. The maximum atomic E-state index is 12.8. The third-order valence-electron chi connectivity index (χ3n) is 4.29. The molecule has 0 bridgehead atoms. The molecule has 0 spiro atoms. The maximum Gasteiger partial charge on any atom is 0.271 e. The molecule has 1 aliphatic carbocycles. The highest BCUT2D eigenvalue weighted by Crippen LogP contribution is 2.29.